The molecule has 0 aliphatic heterocycles. The second kappa shape index (κ2) is 15.3. The molecule has 0 aliphatic rings. The Morgan fingerprint density at radius 3 is 1.45 bits per heavy atom. The number of unbranched alkanes of at least 4 members (excludes halogenated alkanes) is 9. The molecule has 122 valence electrons. The van der Waals surface area contributed by atoms with Gasteiger partial charge in [0.25, 0.3) is 0 Å². The number of hydrogen-bond donors (Lipinski definition) is 2. The Bertz CT molecular complexity index is 180. The minimum absolute atomic E-state index is 0.383. The Hall–Kier alpha value is -0.0800. The summed E-state index contributed by atoms with van der Waals surface area (Å²) >= 11 is 0. The highest BCUT2D eigenvalue weighted by molar-refractivity contribution is 4.62. The van der Waals surface area contributed by atoms with Crippen molar-refractivity contribution in [2.45, 2.75) is 116 Å². The molecule has 2 nitrogen and oxygen atoms in total. The summed E-state index contributed by atoms with van der Waals surface area (Å²) in [6.45, 7) is 4.36. The molecule has 0 aromatic carbocycles. The van der Waals surface area contributed by atoms with Crippen molar-refractivity contribution < 1.29 is 0 Å². The van der Waals surface area contributed by atoms with E-state index in [1.165, 1.54) is 89.9 Å². The average molecular weight is 285 g/mol. The van der Waals surface area contributed by atoms with Crippen LogP contribution in [0.25, 0.3) is 0 Å². The monoisotopic (exact) mass is 284 g/mol. The van der Waals surface area contributed by atoms with Gasteiger partial charge in [-0.25, -0.2) is 0 Å². The number of rotatable bonds is 15. The molecule has 0 saturated heterocycles. The van der Waals surface area contributed by atoms with E-state index < -0.39 is 0 Å². The minimum atomic E-state index is 0.383. The fourth-order valence-corrected chi connectivity index (χ4v) is 2.73. The van der Waals surface area contributed by atoms with Crippen LogP contribution in [0.4, 0.5) is 0 Å². The smallest absolute Gasteiger partial charge is 0.00388 e. The maximum absolute atomic E-state index is 6.15. The van der Waals surface area contributed by atoms with Gasteiger partial charge in [-0.1, -0.05) is 77.6 Å². The van der Waals surface area contributed by atoms with Gasteiger partial charge >= 0.3 is 0 Å². The molecule has 0 fully saturated rings. The molecule has 0 bridgehead atoms. The summed E-state index contributed by atoms with van der Waals surface area (Å²) in [7, 11) is 0. The highest BCUT2D eigenvalue weighted by atomic mass is 14.6. The fraction of sp³-hybridized carbons (Fsp3) is 1.00. The van der Waals surface area contributed by atoms with E-state index in [9.17, 15) is 0 Å². The summed E-state index contributed by atoms with van der Waals surface area (Å²) in [5, 5.41) is 0. The summed E-state index contributed by atoms with van der Waals surface area (Å²) in [4.78, 5) is 0. The van der Waals surface area contributed by atoms with Crippen LogP contribution in [0.5, 0.6) is 0 Å². The highest BCUT2D eigenvalue weighted by Crippen LogP contribution is 2.13. The molecule has 0 amide bonds. The van der Waals surface area contributed by atoms with Crippen LogP contribution in [0.1, 0.15) is 104 Å². The van der Waals surface area contributed by atoms with Crippen molar-refractivity contribution >= 4 is 0 Å². The van der Waals surface area contributed by atoms with Crippen LogP contribution in [0.2, 0.25) is 0 Å². The quantitative estimate of drug-likeness (QED) is 0.409. The third-order valence-corrected chi connectivity index (χ3v) is 4.16. The van der Waals surface area contributed by atoms with E-state index in [0.717, 1.165) is 0 Å². The standard InChI is InChI=1S/C18H40N2/c1-3-4-5-12-15-18(20)16-13-10-8-6-7-9-11-14-17(2)19/h17-18H,3-16,19-20H2,1-2H3. The number of hydrogen-bond acceptors (Lipinski definition) is 2. The first-order valence-corrected chi connectivity index (χ1v) is 9.18. The second-order valence-corrected chi connectivity index (χ2v) is 6.64. The Kier molecular flexibility index (Phi) is 15.3. The minimum Gasteiger partial charge on any atom is -0.328 e. The summed E-state index contributed by atoms with van der Waals surface area (Å²) in [6.07, 6.45) is 18.6. The van der Waals surface area contributed by atoms with Crippen LogP contribution in [-0.4, -0.2) is 12.1 Å². The zero-order valence-electron chi connectivity index (χ0n) is 14.2. The van der Waals surface area contributed by atoms with E-state index in [2.05, 4.69) is 13.8 Å². The van der Waals surface area contributed by atoms with Gasteiger partial charge in [0.15, 0.2) is 0 Å². The predicted octanol–water partition coefficient (Wildman–Crippen LogP) is 5.14. The molecular weight excluding hydrogens is 244 g/mol. The lowest BCUT2D eigenvalue weighted by molar-refractivity contribution is 0.484. The van der Waals surface area contributed by atoms with E-state index in [0.29, 0.717) is 12.1 Å². The Balaban J connectivity index is 3.11. The van der Waals surface area contributed by atoms with Crippen LogP contribution < -0.4 is 11.5 Å². The summed E-state index contributed by atoms with van der Waals surface area (Å²) < 4.78 is 0. The van der Waals surface area contributed by atoms with Crippen molar-refractivity contribution in [1.82, 2.24) is 0 Å². The third-order valence-electron chi connectivity index (χ3n) is 4.16. The maximum Gasteiger partial charge on any atom is 0.00388 e. The van der Waals surface area contributed by atoms with Crippen molar-refractivity contribution in [3.05, 3.63) is 0 Å². The molecule has 0 radical (unpaired) electrons. The molecule has 0 spiro atoms. The van der Waals surface area contributed by atoms with Crippen molar-refractivity contribution in [1.29, 1.82) is 0 Å². The predicted molar refractivity (Wildman–Crippen MR) is 91.9 cm³/mol. The molecule has 0 aromatic heterocycles. The first-order chi connectivity index (χ1) is 9.66. The van der Waals surface area contributed by atoms with Gasteiger partial charge in [0, 0.05) is 12.1 Å². The van der Waals surface area contributed by atoms with E-state index in [-0.39, 0.29) is 0 Å². The van der Waals surface area contributed by atoms with E-state index in [1.54, 1.807) is 0 Å². The average Bonchev–Trinajstić information content (AvgIpc) is 2.41. The molecule has 2 heteroatoms. The van der Waals surface area contributed by atoms with E-state index in [4.69, 9.17) is 11.5 Å². The SMILES string of the molecule is CCCCCCC(N)CCCCCCCCCC(C)N. The van der Waals surface area contributed by atoms with Crippen LogP contribution in [0.3, 0.4) is 0 Å². The zero-order valence-corrected chi connectivity index (χ0v) is 14.2. The van der Waals surface area contributed by atoms with Gasteiger partial charge in [-0.05, 0) is 26.2 Å². The van der Waals surface area contributed by atoms with Crippen LogP contribution in [0, 0.1) is 0 Å². The lowest BCUT2D eigenvalue weighted by Crippen LogP contribution is -2.19. The molecule has 2 unspecified atom stereocenters. The highest BCUT2D eigenvalue weighted by Gasteiger charge is 2.02. The summed E-state index contributed by atoms with van der Waals surface area (Å²) in [5.74, 6) is 0. The van der Waals surface area contributed by atoms with Gasteiger partial charge in [0.05, 0.1) is 0 Å². The summed E-state index contributed by atoms with van der Waals surface area (Å²) in [5.41, 5.74) is 11.9. The van der Waals surface area contributed by atoms with Gasteiger partial charge in [-0.3, -0.25) is 0 Å². The molecule has 20 heavy (non-hydrogen) atoms. The second-order valence-electron chi connectivity index (χ2n) is 6.64. The molecular formula is C18H40N2. The largest absolute Gasteiger partial charge is 0.328 e. The van der Waals surface area contributed by atoms with Crippen molar-refractivity contribution in [2.75, 3.05) is 0 Å². The zero-order chi connectivity index (χ0) is 15.1. The third kappa shape index (κ3) is 16.0. The molecule has 0 aliphatic carbocycles. The van der Waals surface area contributed by atoms with Gasteiger partial charge < -0.3 is 11.5 Å². The first-order valence-electron chi connectivity index (χ1n) is 9.18. The fourth-order valence-electron chi connectivity index (χ4n) is 2.73. The van der Waals surface area contributed by atoms with Gasteiger partial charge in [0.1, 0.15) is 0 Å². The molecule has 0 heterocycles. The molecule has 0 saturated carbocycles. The normalized spacial score (nSPS) is 14.4. The van der Waals surface area contributed by atoms with Crippen LogP contribution in [-0.2, 0) is 0 Å². The molecule has 2 atom stereocenters. The maximum atomic E-state index is 6.15. The number of nitrogens with two attached hydrogens (primary N) is 2. The summed E-state index contributed by atoms with van der Waals surface area (Å²) in [6, 6.07) is 0.840. The lowest BCUT2D eigenvalue weighted by atomic mass is 10.0. The lowest BCUT2D eigenvalue weighted by Gasteiger charge is -2.11. The Morgan fingerprint density at radius 1 is 0.600 bits per heavy atom. The van der Waals surface area contributed by atoms with Crippen molar-refractivity contribution in [3.63, 3.8) is 0 Å². The first kappa shape index (κ1) is 19.9. The van der Waals surface area contributed by atoms with Crippen LogP contribution in [0.15, 0.2) is 0 Å². The van der Waals surface area contributed by atoms with Gasteiger partial charge in [-0.15, -0.1) is 0 Å². The van der Waals surface area contributed by atoms with E-state index >= 15 is 0 Å². The molecule has 4 N–H and O–H groups in total. The molecule has 0 aromatic rings. The van der Waals surface area contributed by atoms with Crippen molar-refractivity contribution in [3.8, 4) is 0 Å². The van der Waals surface area contributed by atoms with E-state index in [1.807, 2.05) is 0 Å². The van der Waals surface area contributed by atoms with Crippen LogP contribution >= 0.6 is 0 Å². The Morgan fingerprint density at radius 2 is 1.00 bits per heavy atom. The topological polar surface area (TPSA) is 52.0 Å². The van der Waals surface area contributed by atoms with Gasteiger partial charge in [-0.2, -0.15) is 0 Å². The van der Waals surface area contributed by atoms with Gasteiger partial charge in [0.2, 0.25) is 0 Å². The molecule has 0 rings (SSSR count). The Labute approximate surface area is 128 Å². The van der Waals surface area contributed by atoms with Crippen molar-refractivity contribution in [2.24, 2.45) is 11.5 Å².